The molecule has 0 aromatic heterocycles. The molecule has 0 saturated heterocycles. The van der Waals surface area contributed by atoms with Gasteiger partial charge in [-0.3, -0.25) is 9.69 Å². The Morgan fingerprint density at radius 3 is 2.88 bits per heavy atom. The highest BCUT2D eigenvalue weighted by atomic mass is 16.5. The number of carbonyl (C=O) groups excluding carboxylic acids is 1. The zero-order chi connectivity index (χ0) is 12.6. The third-order valence-corrected chi connectivity index (χ3v) is 2.67. The number of para-hydroxylation sites is 1. The van der Waals surface area contributed by atoms with Crippen LogP contribution in [0.3, 0.4) is 0 Å². The fourth-order valence-electron chi connectivity index (χ4n) is 1.90. The molecule has 0 bridgehead atoms. The Morgan fingerprint density at radius 2 is 2.24 bits per heavy atom. The number of hydrogen-bond acceptors (Lipinski definition) is 3. The summed E-state index contributed by atoms with van der Waals surface area (Å²) in [5.41, 5.74) is 6.00. The van der Waals surface area contributed by atoms with Crippen LogP contribution in [0.2, 0.25) is 0 Å². The van der Waals surface area contributed by atoms with Crippen molar-refractivity contribution in [2.75, 3.05) is 17.2 Å². The van der Waals surface area contributed by atoms with Crippen LogP contribution in [-0.2, 0) is 4.79 Å². The lowest BCUT2D eigenvalue weighted by Gasteiger charge is -2.38. The molecule has 88 valence electrons. The van der Waals surface area contributed by atoms with Crippen molar-refractivity contribution in [3.05, 3.63) is 18.2 Å². The summed E-state index contributed by atoms with van der Waals surface area (Å²) in [6, 6.07) is 5.29. The molecule has 4 heteroatoms. The minimum Gasteiger partial charge on any atom is -0.476 e. The van der Waals surface area contributed by atoms with Gasteiger partial charge in [-0.05, 0) is 26.0 Å². The standard InChI is InChI=1S/C13H14N2O2/c1-4-8-15-11-9(14)6-5-7-10(11)17-13(2,3)12(15)16/h1,5-7H,8,14H2,2-3H3. The fourth-order valence-corrected chi connectivity index (χ4v) is 1.90. The smallest absolute Gasteiger partial charge is 0.271 e. The van der Waals surface area contributed by atoms with Gasteiger partial charge in [0.2, 0.25) is 0 Å². The van der Waals surface area contributed by atoms with Crippen molar-refractivity contribution in [1.29, 1.82) is 0 Å². The Morgan fingerprint density at radius 1 is 1.53 bits per heavy atom. The van der Waals surface area contributed by atoms with E-state index < -0.39 is 5.60 Å². The maximum atomic E-state index is 12.2. The molecule has 0 spiro atoms. The van der Waals surface area contributed by atoms with Gasteiger partial charge in [-0.15, -0.1) is 6.42 Å². The van der Waals surface area contributed by atoms with E-state index in [1.54, 1.807) is 32.0 Å². The number of nitrogens with zero attached hydrogens (tertiary/aromatic N) is 1. The number of nitrogens with two attached hydrogens (primary N) is 1. The number of benzene rings is 1. The van der Waals surface area contributed by atoms with E-state index in [0.717, 1.165) is 0 Å². The second-order valence-electron chi connectivity index (χ2n) is 4.40. The molecule has 2 rings (SSSR count). The maximum absolute atomic E-state index is 12.2. The van der Waals surface area contributed by atoms with E-state index in [4.69, 9.17) is 16.9 Å². The molecule has 1 aromatic rings. The van der Waals surface area contributed by atoms with Gasteiger partial charge in [-0.1, -0.05) is 12.0 Å². The molecule has 0 atom stereocenters. The van der Waals surface area contributed by atoms with Gasteiger partial charge in [0.25, 0.3) is 5.91 Å². The number of rotatable bonds is 1. The predicted molar refractivity (Wildman–Crippen MR) is 66.7 cm³/mol. The molecule has 1 aliphatic heterocycles. The van der Waals surface area contributed by atoms with Crippen molar-refractivity contribution in [3.8, 4) is 18.1 Å². The topological polar surface area (TPSA) is 55.6 Å². The summed E-state index contributed by atoms with van der Waals surface area (Å²) in [7, 11) is 0. The van der Waals surface area contributed by atoms with E-state index >= 15 is 0 Å². The summed E-state index contributed by atoms with van der Waals surface area (Å²) in [6.45, 7) is 3.61. The summed E-state index contributed by atoms with van der Waals surface area (Å²) >= 11 is 0. The van der Waals surface area contributed by atoms with Crippen molar-refractivity contribution in [3.63, 3.8) is 0 Å². The SMILES string of the molecule is C#CCN1C(=O)C(C)(C)Oc2cccc(N)c21. The van der Waals surface area contributed by atoms with Crippen LogP contribution in [0.25, 0.3) is 0 Å². The van der Waals surface area contributed by atoms with Crippen LogP contribution in [0, 0.1) is 12.3 Å². The minimum atomic E-state index is -0.919. The normalized spacial score (nSPS) is 17.0. The van der Waals surface area contributed by atoms with E-state index in [1.165, 1.54) is 4.90 Å². The summed E-state index contributed by atoms with van der Waals surface area (Å²) < 4.78 is 5.65. The first-order chi connectivity index (χ1) is 7.97. The molecule has 0 fully saturated rings. The van der Waals surface area contributed by atoms with Crippen LogP contribution >= 0.6 is 0 Å². The molecule has 4 nitrogen and oxygen atoms in total. The molecular formula is C13H14N2O2. The zero-order valence-electron chi connectivity index (χ0n) is 9.86. The molecule has 0 aliphatic carbocycles. The van der Waals surface area contributed by atoms with Crippen LogP contribution in [0.1, 0.15) is 13.8 Å². The van der Waals surface area contributed by atoms with Crippen molar-refractivity contribution in [2.24, 2.45) is 0 Å². The molecule has 0 saturated carbocycles. The number of ether oxygens (including phenoxy) is 1. The zero-order valence-corrected chi connectivity index (χ0v) is 9.86. The number of terminal acetylenes is 1. The van der Waals surface area contributed by atoms with Crippen LogP contribution in [-0.4, -0.2) is 18.1 Å². The lowest BCUT2D eigenvalue weighted by molar-refractivity contribution is -0.132. The van der Waals surface area contributed by atoms with E-state index in [-0.39, 0.29) is 12.5 Å². The van der Waals surface area contributed by atoms with Crippen LogP contribution in [0.4, 0.5) is 11.4 Å². The average Bonchev–Trinajstić information content (AvgIpc) is 2.24. The lowest BCUT2D eigenvalue weighted by atomic mass is 10.0. The Bertz CT molecular complexity index is 515. The van der Waals surface area contributed by atoms with Gasteiger partial charge in [0.15, 0.2) is 5.60 Å². The van der Waals surface area contributed by atoms with Crippen LogP contribution in [0.15, 0.2) is 18.2 Å². The molecule has 0 unspecified atom stereocenters. The molecule has 17 heavy (non-hydrogen) atoms. The van der Waals surface area contributed by atoms with E-state index in [1.807, 2.05) is 0 Å². The van der Waals surface area contributed by atoms with Gasteiger partial charge in [0.05, 0.1) is 12.2 Å². The Kier molecular flexibility index (Phi) is 2.47. The molecular weight excluding hydrogens is 216 g/mol. The van der Waals surface area contributed by atoms with Crippen LogP contribution < -0.4 is 15.4 Å². The lowest BCUT2D eigenvalue weighted by Crippen LogP contribution is -2.52. The molecule has 1 aliphatic rings. The van der Waals surface area contributed by atoms with Crippen molar-refractivity contribution >= 4 is 17.3 Å². The molecule has 2 N–H and O–H groups in total. The first-order valence-corrected chi connectivity index (χ1v) is 5.30. The maximum Gasteiger partial charge on any atom is 0.271 e. The Labute approximate surface area is 100 Å². The van der Waals surface area contributed by atoms with Crippen molar-refractivity contribution < 1.29 is 9.53 Å². The van der Waals surface area contributed by atoms with E-state index in [9.17, 15) is 4.79 Å². The molecule has 1 aromatic carbocycles. The largest absolute Gasteiger partial charge is 0.476 e. The van der Waals surface area contributed by atoms with Gasteiger partial charge in [0, 0.05) is 0 Å². The third-order valence-electron chi connectivity index (χ3n) is 2.67. The first kappa shape index (κ1) is 11.3. The highest BCUT2D eigenvalue weighted by Gasteiger charge is 2.41. The monoisotopic (exact) mass is 230 g/mol. The Balaban J connectivity index is 2.60. The summed E-state index contributed by atoms with van der Waals surface area (Å²) in [4.78, 5) is 13.7. The van der Waals surface area contributed by atoms with E-state index in [2.05, 4.69) is 5.92 Å². The Hall–Kier alpha value is -2.15. The average molecular weight is 230 g/mol. The minimum absolute atomic E-state index is 0.180. The summed E-state index contributed by atoms with van der Waals surface area (Å²) in [5.74, 6) is 2.88. The number of anilines is 2. The summed E-state index contributed by atoms with van der Waals surface area (Å²) in [5, 5.41) is 0. The second-order valence-corrected chi connectivity index (χ2v) is 4.40. The number of carbonyl (C=O) groups is 1. The van der Waals surface area contributed by atoms with Gasteiger partial charge < -0.3 is 10.5 Å². The quantitative estimate of drug-likeness (QED) is 0.586. The van der Waals surface area contributed by atoms with Gasteiger partial charge in [-0.2, -0.15) is 0 Å². The highest BCUT2D eigenvalue weighted by Crippen LogP contribution is 2.41. The fraction of sp³-hybridized carbons (Fsp3) is 0.308. The van der Waals surface area contributed by atoms with Gasteiger partial charge in [0.1, 0.15) is 11.4 Å². The molecule has 1 amide bonds. The van der Waals surface area contributed by atoms with E-state index in [0.29, 0.717) is 17.1 Å². The van der Waals surface area contributed by atoms with Crippen LogP contribution in [0.5, 0.6) is 5.75 Å². The second kappa shape index (κ2) is 3.70. The highest BCUT2D eigenvalue weighted by molar-refractivity contribution is 6.05. The van der Waals surface area contributed by atoms with Gasteiger partial charge >= 0.3 is 0 Å². The number of fused-ring (bicyclic) bond motifs is 1. The molecule has 1 heterocycles. The third kappa shape index (κ3) is 1.70. The number of hydrogen-bond donors (Lipinski definition) is 1. The predicted octanol–water partition coefficient (Wildman–Crippen LogP) is 1.41. The number of nitrogen functional groups attached to an aromatic ring is 1. The molecule has 0 radical (unpaired) electrons. The summed E-state index contributed by atoms with van der Waals surface area (Å²) in [6.07, 6.45) is 5.29. The van der Waals surface area contributed by atoms with Gasteiger partial charge in [-0.25, -0.2) is 0 Å². The first-order valence-electron chi connectivity index (χ1n) is 5.30. The van der Waals surface area contributed by atoms with Crippen molar-refractivity contribution in [1.82, 2.24) is 0 Å². The van der Waals surface area contributed by atoms with Crippen molar-refractivity contribution in [2.45, 2.75) is 19.4 Å². The number of amides is 1.